The molecule has 0 radical (unpaired) electrons. The van der Waals surface area contributed by atoms with Gasteiger partial charge >= 0.3 is 11.7 Å². The van der Waals surface area contributed by atoms with Gasteiger partial charge in [-0.3, -0.25) is 23.9 Å². The molecular weight excluding hydrogens is 370 g/mol. The summed E-state index contributed by atoms with van der Waals surface area (Å²) in [6.45, 7) is 4.85. The van der Waals surface area contributed by atoms with E-state index in [0.717, 1.165) is 0 Å². The molecule has 4 atom stereocenters. The molecule has 0 spiro atoms. The molecule has 10 nitrogen and oxygen atoms in total. The van der Waals surface area contributed by atoms with Crippen molar-refractivity contribution in [2.24, 2.45) is 5.41 Å². The summed E-state index contributed by atoms with van der Waals surface area (Å²) in [6.07, 6.45) is -0.910. The Kier molecular flexibility index (Phi) is 6.45. The van der Waals surface area contributed by atoms with Crippen molar-refractivity contribution >= 4 is 11.9 Å². The highest BCUT2D eigenvalue weighted by atomic mass is 16.4. The SMILES string of the molecule is Cc1cn([C@@H]2CC[C@@H](NC(=O)CC(C)(C)CC(=O)O)[C@@H](O)[C@@H]2O)c(=O)[nH]c1=O. The second-order valence-corrected chi connectivity index (χ2v) is 8.19. The number of H-pyrrole nitrogens is 1. The highest BCUT2D eigenvalue weighted by molar-refractivity contribution is 5.78. The number of carbonyl (C=O) groups excluding carboxylic acids is 1. The highest BCUT2D eigenvalue weighted by Gasteiger charge is 2.40. The van der Waals surface area contributed by atoms with Crippen LogP contribution in [0.5, 0.6) is 0 Å². The number of aryl methyl sites for hydroxylation is 1. The van der Waals surface area contributed by atoms with Crippen LogP contribution in [-0.2, 0) is 9.59 Å². The largest absolute Gasteiger partial charge is 0.481 e. The van der Waals surface area contributed by atoms with Crippen LogP contribution in [0.15, 0.2) is 15.8 Å². The van der Waals surface area contributed by atoms with Crippen LogP contribution in [0.1, 0.15) is 51.1 Å². The fraction of sp³-hybridized carbons (Fsp3) is 0.667. The number of aromatic amines is 1. The van der Waals surface area contributed by atoms with E-state index in [9.17, 15) is 29.4 Å². The third kappa shape index (κ3) is 5.08. The Morgan fingerprint density at radius 1 is 1.21 bits per heavy atom. The zero-order valence-electron chi connectivity index (χ0n) is 16.1. The summed E-state index contributed by atoms with van der Waals surface area (Å²) in [5.41, 5.74) is -1.64. The molecule has 156 valence electrons. The average Bonchev–Trinajstić information content (AvgIpc) is 2.54. The Labute approximate surface area is 161 Å². The Morgan fingerprint density at radius 2 is 1.86 bits per heavy atom. The van der Waals surface area contributed by atoms with Gasteiger partial charge in [0.15, 0.2) is 0 Å². The molecule has 0 unspecified atom stereocenters. The zero-order valence-corrected chi connectivity index (χ0v) is 16.1. The van der Waals surface area contributed by atoms with Gasteiger partial charge in [-0.15, -0.1) is 0 Å². The molecule has 5 N–H and O–H groups in total. The first-order valence-corrected chi connectivity index (χ1v) is 9.10. The first kappa shape index (κ1) is 21.8. The van der Waals surface area contributed by atoms with Crippen molar-refractivity contribution in [2.75, 3.05) is 0 Å². The summed E-state index contributed by atoms with van der Waals surface area (Å²) in [4.78, 5) is 48.8. The molecule has 1 heterocycles. The molecule has 2 rings (SSSR count). The number of carboxylic acid groups (broad SMARTS) is 1. The minimum absolute atomic E-state index is 0.0411. The predicted molar refractivity (Wildman–Crippen MR) is 98.9 cm³/mol. The van der Waals surface area contributed by atoms with Crippen molar-refractivity contribution < 1.29 is 24.9 Å². The number of hydrogen-bond donors (Lipinski definition) is 5. The van der Waals surface area contributed by atoms with Crippen molar-refractivity contribution in [3.05, 3.63) is 32.6 Å². The van der Waals surface area contributed by atoms with E-state index < -0.39 is 52.8 Å². The van der Waals surface area contributed by atoms with Gasteiger partial charge in [0.25, 0.3) is 5.56 Å². The van der Waals surface area contributed by atoms with Gasteiger partial charge in [0, 0.05) is 18.2 Å². The number of aliphatic hydroxyl groups is 2. The molecule has 0 saturated heterocycles. The van der Waals surface area contributed by atoms with Crippen molar-refractivity contribution in [2.45, 2.75) is 70.7 Å². The number of aliphatic carboxylic acids is 1. The van der Waals surface area contributed by atoms with Crippen molar-refractivity contribution in [1.82, 2.24) is 14.9 Å². The maximum absolute atomic E-state index is 12.3. The van der Waals surface area contributed by atoms with E-state index in [4.69, 9.17) is 5.11 Å². The number of aliphatic hydroxyl groups excluding tert-OH is 2. The van der Waals surface area contributed by atoms with Crippen molar-refractivity contribution in [1.29, 1.82) is 0 Å². The van der Waals surface area contributed by atoms with Gasteiger partial charge in [0.05, 0.1) is 18.5 Å². The van der Waals surface area contributed by atoms with Gasteiger partial charge in [-0.05, 0) is 25.2 Å². The van der Waals surface area contributed by atoms with Crippen LogP contribution in [0.2, 0.25) is 0 Å². The Morgan fingerprint density at radius 3 is 2.46 bits per heavy atom. The third-order valence-electron chi connectivity index (χ3n) is 5.05. The normalized spacial score (nSPS) is 25.3. The van der Waals surface area contributed by atoms with Gasteiger partial charge in [0.1, 0.15) is 12.2 Å². The second-order valence-electron chi connectivity index (χ2n) is 8.19. The quantitative estimate of drug-likeness (QED) is 0.423. The lowest BCUT2D eigenvalue weighted by atomic mass is 9.83. The fourth-order valence-corrected chi connectivity index (χ4v) is 3.62. The van der Waals surface area contributed by atoms with Crippen molar-refractivity contribution in [3.63, 3.8) is 0 Å². The van der Waals surface area contributed by atoms with E-state index in [1.165, 1.54) is 17.7 Å². The molecule has 0 bridgehead atoms. The number of amides is 1. The van der Waals surface area contributed by atoms with Crippen LogP contribution in [-0.4, -0.2) is 55.0 Å². The monoisotopic (exact) mass is 397 g/mol. The first-order valence-electron chi connectivity index (χ1n) is 9.10. The molecule has 1 aromatic heterocycles. The molecular formula is C18H27N3O7. The van der Waals surface area contributed by atoms with Gasteiger partial charge in [-0.25, -0.2) is 4.79 Å². The molecule has 1 amide bonds. The number of nitrogens with one attached hydrogen (secondary N) is 2. The maximum Gasteiger partial charge on any atom is 0.328 e. The lowest BCUT2D eigenvalue weighted by Crippen LogP contribution is -2.56. The molecule has 1 aliphatic rings. The molecule has 1 fully saturated rings. The van der Waals surface area contributed by atoms with E-state index in [1.807, 2.05) is 0 Å². The van der Waals surface area contributed by atoms with E-state index in [2.05, 4.69) is 10.3 Å². The van der Waals surface area contributed by atoms with Crippen LogP contribution < -0.4 is 16.6 Å². The summed E-state index contributed by atoms with van der Waals surface area (Å²) in [7, 11) is 0. The van der Waals surface area contributed by atoms with E-state index in [-0.39, 0.29) is 12.8 Å². The first-order chi connectivity index (χ1) is 12.9. The average molecular weight is 397 g/mol. The zero-order chi connectivity index (χ0) is 21.2. The summed E-state index contributed by atoms with van der Waals surface area (Å²) in [6, 6.07) is -1.46. The Balaban J connectivity index is 2.07. The predicted octanol–water partition coefficient (Wildman–Crippen LogP) is -0.722. The highest BCUT2D eigenvalue weighted by Crippen LogP contribution is 2.29. The minimum Gasteiger partial charge on any atom is -0.481 e. The number of aromatic nitrogens is 2. The summed E-state index contributed by atoms with van der Waals surface area (Å²) >= 11 is 0. The topological polar surface area (TPSA) is 162 Å². The van der Waals surface area contributed by atoms with Crippen LogP contribution in [0.3, 0.4) is 0 Å². The molecule has 1 aromatic rings. The van der Waals surface area contributed by atoms with Gasteiger partial charge in [-0.2, -0.15) is 0 Å². The van der Waals surface area contributed by atoms with Gasteiger partial charge < -0.3 is 20.6 Å². The van der Waals surface area contributed by atoms with Crippen LogP contribution in [0.25, 0.3) is 0 Å². The molecule has 1 saturated carbocycles. The number of hydrogen-bond acceptors (Lipinski definition) is 6. The van der Waals surface area contributed by atoms with E-state index >= 15 is 0 Å². The maximum atomic E-state index is 12.3. The third-order valence-corrected chi connectivity index (χ3v) is 5.05. The second kappa shape index (κ2) is 8.27. The molecule has 10 heteroatoms. The van der Waals surface area contributed by atoms with E-state index in [0.29, 0.717) is 18.4 Å². The number of rotatable bonds is 6. The van der Waals surface area contributed by atoms with Gasteiger partial charge in [0.2, 0.25) is 5.91 Å². The van der Waals surface area contributed by atoms with E-state index in [1.54, 1.807) is 13.8 Å². The fourth-order valence-electron chi connectivity index (χ4n) is 3.62. The molecule has 28 heavy (non-hydrogen) atoms. The smallest absolute Gasteiger partial charge is 0.328 e. The minimum atomic E-state index is -1.32. The van der Waals surface area contributed by atoms with Crippen LogP contribution >= 0.6 is 0 Å². The molecule has 0 aliphatic heterocycles. The molecule has 1 aliphatic carbocycles. The number of nitrogens with zero attached hydrogens (tertiary/aromatic N) is 1. The van der Waals surface area contributed by atoms with Crippen LogP contribution in [0, 0.1) is 12.3 Å². The molecule has 0 aromatic carbocycles. The number of carbonyl (C=O) groups is 2. The lowest BCUT2D eigenvalue weighted by molar-refractivity contribution is -0.139. The number of carboxylic acids is 1. The Hall–Kier alpha value is -2.46. The Bertz CT molecular complexity index is 857. The summed E-state index contributed by atoms with van der Waals surface area (Å²) in [5.74, 6) is -1.42. The summed E-state index contributed by atoms with van der Waals surface area (Å²) in [5, 5.41) is 32.5. The van der Waals surface area contributed by atoms with Gasteiger partial charge in [-0.1, -0.05) is 13.8 Å². The standard InChI is InChI=1S/C18H27N3O7/c1-9-8-21(17(28)20-16(9)27)11-5-4-10(14(25)15(11)26)19-12(22)6-18(2,3)7-13(23)24/h8,10-11,14-15,25-26H,4-7H2,1-3H3,(H,19,22)(H,23,24)(H,20,27,28)/t10-,11-,14-,15-/m1/s1. The van der Waals surface area contributed by atoms with Crippen LogP contribution in [0.4, 0.5) is 0 Å². The summed E-state index contributed by atoms with van der Waals surface area (Å²) < 4.78 is 1.19. The lowest BCUT2D eigenvalue weighted by Gasteiger charge is -2.38. The van der Waals surface area contributed by atoms with Crippen molar-refractivity contribution in [3.8, 4) is 0 Å².